The van der Waals surface area contributed by atoms with Gasteiger partial charge in [-0.25, -0.2) is 18.7 Å². The van der Waals surface area contributed by atoms with Gasteiger partial charge in [0.1, 0.15) is 11.6 Å². The van der Waals surface area contributed by atoms with Crippen molar-refractivity contribution in [1.82, 2.24) is 19.1 Å². The van der Waals surface area contributed by atoms with Gasteiger partial charge in [-0.1, -0.05) is 0 Å². The van der Waals surface area contributed by atoms with Gasteiger partial charge in [0.05, 0.1) is 24.0 Å². The standard InChI is InChI=1S/C14H12F2N4/c1-19-5-13(17-7-19)9-3-10(12(16)4-11(9)15)14-6-20(2)8-18-14/h3-8H,1-2H3. The molecular formula is C14H12F2N4. The number of aromatic nitrogens is 4. The smallest absolute Gasteiger partial charge is 0.135 e. The molecule has 0 spiro atoms. The lowest BCUT2D eigenvalue weighted by molar-refractivity contribution is 0.587. The molecular weight excluding hydrogens is 262 g/mol. The second kappa shape index (κ2) is 4.56. The van der Waals surface area contributed by atoms with E-state index in [1.54, 1.807) is 48.3 Å². The second-order valence-electron chi connectivity index (χ2n) is 4.66. The minimum Gasteiger partial charge on any atom is -0.340 e. The average Bonchev–Trinajstić information content (AvgIpc) is 2.99. The molecule has 0 bridgehead atoms. The highest BCUT2D eigenvalue weighted by molar-refractivity contribution is 5.70. The Balaban J connectivity index is 2.17. The van der Waals surface area contributed by atoms with E-state index in [1.165, 1.54) is 6.07 Å². The molecule has 3 rings (SSSR count). The maximum atomic E-state index is 13.9. The number of nitrogens with zero attached hydrogens (tertiary/aromatic N) is 4. The highest BCUT2D eigenvalue weighted by atomic mass is 19.1. The van der Waals surface area contributed by atoms with Crippen LogP contribution in [0.3, 0.4) is 0 Å². The Morgan fingerprint density at radius 2 is 1.25 bits per heavy atom. The molecule has 102 valence electrons. The largest absolute Gasteiger partial charge is 0.340 e. The highest BCUT2D eigenvalue weighted by Crippen LogP contribution is 2.29. The Morgan fingerprint density at radius 1 is 0.800 bits per heavy atom. The van der Waals surface area contributed by atoms with Crippen molar-refractivity contribution in [3.63, 3.8) is 0 Å². The zero-order chi connectivity index (χ0) is 14.3. The first-order valence-electron chi connectivity index (χ1n) is 6.00. The molecule has 20 heavy (non-hydrogen) atoms. The molecule has 0 fully saturated rings. The van der Waals surface area contributed by atoms with Gasteiger partial charge in [-0.15, -0.1) is 0 Å². The Bertz CT molecular complexity index is 712. The summed E-state index contributed by atoms with van der Waals surface area (Å²) in [5.74, 6) is -1.28. The summed E-state index contributed by atoms with van der Waals surface area (Å²) in [5.41, 5.74) is 1.43. The normalized spacial score (nSPS) is 11.0. The number of hydrogen-bond acceptors (Lipinski definition) is 2. The van der Waals surface area contributed by atoms with Gasteiger partial charge in [-0.3, -0.25) is 0 Å². The number of imidazole rings is 2. The lowest BCUT2D eigenvalue weighted by atomic mass is 10.1. The first-order chi connectivity index (χ1) is 9.54. The summed E-state index contributed by atoms with van der Waals surface area (Å²) in [5, 5.41) is 0. The molecule has 0 saturated carbocycles. The fraction of sp³-hybridized carbons (Fsp3) is 0.143. The predicted octanol–water partition coefficient (Wildman–Crippen LogP) is 2.77. The van der Waals surface area contributed by atoms with Crippen LogP contribution in [0.4, 0.5) is 8.78 Å². The molecule has 0 radical (unpaired) electrons. The maximum Gasteiger partial charge on any atom is 0.135 e. The molecule has 0 aliphatic heterocycles. The molecule has 0 N–H and O–H groups in total. The number of hydrogen-bond donors (Lipinski definition) is 0. The second-order valence-corrected chi connectivity index (χ2v) is 4.66. The topological polar surface area (TPSA) is 35.6 Å². The SMILES string of the molecule is Cn1cnc(-c2cc(-c3cn(C)cn3)c(F)cc2F)c1. The van der Waals surface area contributed by atoms with Crippen molar-refractivity contribution in [2.75, 3.05) is 0 Å². The summed E-state index contributed by atoms with van der Waals surface area (Å²) in [6.07, 6.45) is 6.49. The lowest BCUT2D eigenvalue weighted by Crippen LogP contribution is -1.92. The van der Waals surface area contributed by atoms with Gasteiger partial charge < -0.3 is 9.13 Å². The van der Waals surface area contributed by atoms with E-state index in [2.05, 4.69) is 9.97 Å². The lowest BCUT2D eigenvalue weighted by Gasteiger charge is -2.05. The molecule has 0 aliphatic rings. The fourth-order valence-electron chi connectivity index (χ4n) is 2.05. The Morgan fingerprint density at radius 3 is 1.60 bits per heavy atom. The van der Waals surface area contributed by atoms with E-state index >= 15 is 0 Å². The van der Waals surface area contributed by atoms with Crippen molar-refractivity contribution < 1.29 is 8.78 Å². The highest BCUT2D eigenvalue weighted by Gasteiger charge is 2.15. The van der Waals surface area contributed by atoms with Gasteiger partial charge in [0.2, 0.25) is 0 Å². The first-order valence-corrected chi connectivity index (χ1v) is 6.00. The molecule has 6 heteroatoms. The molecule has 0 saturated heterocycles. The monoisotopic (exact) mass is 274 g/mol. The fourth-order valence-corrected chi connectivity index (χ4v) is 2.05. The van der Waals surface area contributed by atoms with E-state index in [0.29, 0.717) is 11.4 Å². The van der Waals surface area contributed by atoms with Crippen molar-refractivity contribution in [3.8, 4) is 22.5 Å². The third-order valence-corrected chi connectivity index (χ3v) is 3.02. The Hall–Kier alpha value is -2.50. The van der Waals surface area contributed by atoms with Crippen molar-refractivity contribution in [3.05, 3.63) is 48.8 Å². The van der Waals surface area contributed by atoms with Crippen LogP contribution < -0.4 is 0 Å². The van der Waals surface area contributed by atoms with Gasteiger partial charge in [0.25, 0.3) is 0 Å². The maximum absolute atomic E-state index is 13.9. The third kappa shape index (κ3) is 2.09. The van der Waals surface area contributed by atoms with Crippen LogP contribution in [0.1, 0.15) is 0 Å². The predicted molar refractivity (Wildman–Crippen MR) is 70.8 cm³/mol. The van der Waals surface area contributed by atoms with Crippen LogP contribution >= 0.6 is 0 Å². The Labute approximate surface area is 114 Å². The van der Waals surface area contributed by atoms with E-state index < -0.39 is 11.6 Å². The minimum absolute atomic E-state index is 0.257. The average molecular weight is 274 g/mol. The van der Waals surface area contributed by atoms with Crippen molar-refractivity contribution in [1.29, 1.82) is 0 Å². The zero-order valence-corrected chi connectivity index (χ0v) is 11.0. The summed E-state index contributed by atoms with van der Waals surface area (Å²) in [6.45, 7) is 0. The van der Waals surface area contributed by atoms with E-state index in [4.69, 9.17) is 0 Å². The molecule has 3 aromatic rings. The number of rotatable bonds is 2. The molecule has 4 nitrogen and oxygen atoms in total. The summed E-state index contributed by atoms with van der Waals surface area (Å²) in [4.78, 5) is 8.18. The minimum atomic E-state index is -0.638. The van der Waals surface area contributed by atoms with Crippen molar-refractivity contribution >= 4 is 0 Å². The Kier molecular flexibility index (Phi) is 2.85. The summed E-state index contributed by atoms with van der Waals surface area (Å²) >= 11 is 0. The quantitative estimate of drug-likeness (QED) is 0.720. The summed E-state index contributed by atoms with van der Waals surface area (Å²) in [6, 6.07) is 2.31. The van der Waals surface area contributed by atoms with Gasteiger partial charge in [-0.05, 0) is 6.07 Å². The van der Waals surface area contributed by atoms with Gasteiger partial charge >= 0.3 is 0 Å². The van der Waals surface area contributed by atoms with Crippen LogP contribution in [0, 0.1) is 11.6 Å². The summed E-state index contributed by atoms with van der Waals surface area (Å²) < 4.78 is 31.3. The third-order valence-electron chi connectivity index (χ3n) is 3.02. The van der Waals surface area contributed by atoms with Crippen LogP contribution in [0.2, 0.25) is 0 Å². The van der Waals surface area contributed by atoms with Crippen LogP contribution in [-0.4, -0.2) is 19.1 Å². The number of halogens is 2. The van der Waals surface area contributed by atoms with Gasteiger partial charge in [0, 0.05) is 43.7 Å². The van der Waals surface area contributed by atoms with Crippen LogP contribution in [-0.2, 0) is 14.1 Å². The van der Waals surface area contributed by atoms with E-state index in [1.807, 2.05) is 0 Å². The summed E-state index contributed by atoms with van der Waals surface area (Å²) in [7, 11) is 3.58. The molecule has 0 unspecified atom stereocenters. The van der Waals surface area contributed by atoms with E-state index in [-0.39, 0.29) is 11.1 Å². The molecule has 0 amide bonds. The van der Waals surface area contributed by atoms with Crippen LogP contribution in [0.25, 0.3) is 22.5 Å². The molecule has 1 aromatic carbocycles. The molecule has 0 atom stereocenters. The first kappa shape index (κ1) is 12.5. The molecule has 0 aliphatic carbocycles. The van der Waals surface area contributed by atoms with Crippen molar-refractivity contribution in [2.45, 2.75) is 0 Å². The van der Waals surface area contributed by atoms with Crippen LogP contribution in [0.15, 0.2) is 37.2 Å². The number of benzene rings is 1. The van der Waals surface area contributed by atoms with Crippen LogP contribution in [0.5, 0.6) is 0 Å². The van der Waals surface area contributed by atoms with E-state index in [9.17, 15) is 8.78 Å². The number of aryl methyl sites for hydroxylation is 2. The van der Waals surface area contributed by atoms with Gasteiger partial charge in [-0.2, -0.15) is 0 Å². The van der Waals surface area contributed by atoms with E-state index in [0.717, 1.165) is 6.07 Å². The van der Waals surface area contributed by atoms with Crippen molar-refractivity contribution in [2.24, 2.45) is 14.1 Å². The molecule has 2 aromatic heterocycles. The zero-order valence-electron chi connectivity index (χ0n) is 11.0. The van der Waals surface area contributed by atoms with Gasteiger partial charge in [0.15, 0.2) is 0 Å². The molecule has 2 heterocycles.